The zero-order chi connectivity index (χ0) is 18.3. The van der Waals surface area contributed by atoms with Gasteiger partial charge < -0.3 is 0 Å². The number of amides is 1. The summed E-state index contributed by atoms with van der Waals surface area (Å²) in [7, 11) is 0. The summed E-state index contributed by atoms with van der Waals surface area (Å²) in [6.45, 7) is 0. The molecule has 2 aromatic rings. The molecule has 1 atom stereocenters. The number of Topliss-reactive ketones (excluding diaryl/α,β-unsaturated/α-hetero) is 1. The van der Waals surface area contributed by atoms with Crippen molar-refractivity contribution in [2.45, 2.75) is 31.6 Å². The fourth-order valence-corrected chi connectivity index (χ4v) is 4.15. The van der Waals surface area contributed by atoms with E-state index in [9.17, 15) is 14.0 Å². The Hall–Kier alpha value is -2.46. The molecule has 132 valence electrons. The molecule has 1 aliphatic heterocycles. The van der Waals surface area contributed by atoms with Gasteiger partial charge in [-0.2, -0.15) is 0 Å². The van der Waals surface area contributed by atoms with Crippen LogP contribution in [0.1, 0.15) is 37.2 Å². The van der Waals surface area contributed by atoms with Crippen LogP contribution in [-0.4, -0.2) is 11.7 Å². The first-order valence-corrected chi connectivity index (χ1v) is 9.04. The SMILES string of the molecule is O=C1CCCC2=C1C(c1ccccc1F)CC(=O)N2c1ccccc1Cl. The molecule has 1 amide bonds. The molecule has 2 aliphatic rings. The fourth-order valence-electron chi connectivity index (χ4n) is 3.93. The third kappa shape index (κ3) is 2.74. The average molecular weight is 370 g/mol. The van der Waals surface area contributed by atoms with E-state index in [0.717, 1.165) is 0 Å². The lowest BCUT2D eigenvalue weighted by Gasteiger charge is -2.38. The molecule has 0 saturated carbocycles. The predicted octanol–water partition coefficient (Wildman–Crippen LogP) is 5.01. The lowest BCUT2D eigenvalue weighted by Crippen LogP contribution is -2.40. The van der Waals surface area contributed by atoms with E-state index in [0.29, 0.717) is 46.8 Å². The van der Waals surface area contributed by atoms with Crippen LogP contribution in [0.25, 0.3) is 0 Å². The Balaban J connectivity index is 1.91. The molecule has 0 radical (unpaired) electrons. The maximum atomic E-state index is 14.4. The Morgan fingerprint density at radius 3 is 2.50 bits per heavy atom. The average Bonchev–Trinajstić information content (AvgIpc) is 2.63. The lowest BCUT2D eigenvalue weighted by molar-refractivity contribution is -0.119. The molecule has 1 heterocycles. The molecular weight excluding hydrogens is 353 g/mol. The van der Waals surface area contributed by atoms with Gasteiger partial charge in [0.25, 0.3) is 0 Å². The van der Waals surface area contributed by atoms with Crippen LogP contribution < -0.4 is 4.90 Å². The summed E-state index contributed by atoms with van der Waals surface area (Å²) >= 11 is 6.31. The largest absolute Gasteiger partial charge is 0.294 e. The summed E-state index contributed by atoms with van der Waals surface area (Å²) in [5.41, 5.74) is 2.20. The van der Waals surface area contributed by atoms with Gasteiger partial charge in [0, 0.05) is 30.0 Å². The number of halogens is 2. The minimum absolute atomic E-state index is 0.0101. The molecule has 1 unspecified atom stereocenters. The van der Waals surface area contributed by atoms with Gasteiger partial charge in [-0.1, -0.05) is 41.9 Å². The first kappa shape index (κ1) is 17.0. The van der Waals surface area contributed by atoms with Gasteiger partial charge in [0.2, 0.25) is 5.91 Å². The topological polar surface area (TPSA) is 37.4 Å². The van der Waals surface area contributed by atoms with Crippen molar-refractivity contribution in [3.63, 3.8) is 0 Å². The van der Waals surface area contributed by atoms with Crippen LogP contribution in [-0.2, 0) is 9.59 Å². The van der Waals surface area contributed by atoms with E-state index in [1.54, 1.807) is 41.3 Å². The van der Waals surface area contributed by atoms with E-state index in [4.69, 9.17) is 11.6 Å². The van der Waals surface area contributed by atoms with Crippen LogP contribution in [0.2, 0.25) is 5.02 Å². The molecule has 3 nitrogen and oxygen atoms in total. The normalized spacial score (nSPS) is 20.4. The monoisotopic (exact) mass is 369 g/mol. The number of rotatable bonds is 2. The standard InChI is InChI=1S/C21H17ClFNO2/c22-15-7-2-4-9-17(15)24-18-10-5-11-19(25)21(18)14(12-20(24)26)13-6-1-3-8-16(13)23/h1-4,6-9,14H,5,10-12H2. The van der Waals surface area contributed by atoms with Gasteiger partial charge >= 0.3 is 0 Å². The zero-order valence-electron chi connectivity index (χ0n) is 14.0. The van der Waals surface area contributed by atoms with E-state index in [2.05, 4.69) is 0 Å². The van der Waals surface area contributed by atoms with Gasteiger partial charge in [-0.25, -0.2) is 4.39 Å². The second kappa shape index (κ2) is 6.69. The Kier molecular flexibility index (Phi) is 4.37. The summed E-state index contributed by atoms with van der Waals surface area (Å²) in [6, 6.07) is 13.5. The number of hydrogen-bond acceptors (Lipinski definition) is 2. The summed E-state index contributed by atoms with van der Waals surface area (Å²) in [4.78, 5) is 27.3. The van der Waals surface area contributed by atoms with Gasteiger partial charge in [0.15, 0.2) is 5.78 Å². The number of carbonyl (C=O) groups excluding carboxylic acids is 2. The highest BCUT2D eigenvalue weighted by Gasteiger charge is 2.40. The second-order valence-electron chi connectivity index (χ2n) is 6.60. The number of ketones is 1. The molecular formula is C21H17ClFNO2. The quantitative estimate of drug-likeness (QED) is 0.746. The molecule has 2 aromatic carbocycles. The third-order valence-electron chi connectivity index (χ3n) is 5.05. The van der Waals surface area contributed by atoms with Crippen molar-refractivity contribution in [3.05, 3.63) is 76.2 Å². The van der Waals surface area contributed by atoms with Crippen molar-refractivity contribution in [2.75, 3.05) is 4.90 Å². The van der Waals surface area contributed by atoms with Crippen molar-refractivity contribution in [2.24, 2.45) is 0 Å². The van der Waals surface area contributed by atoms with Crippen molar-refractivity contribution in [1.82, 2.24) is 0 Å². The van der Waals surface area contributed by atoms with Gasteiger partial charge in [-0.3, -0.25) is 14.5 Å². The Morgan fingerprint density at radius 1 is 1.00 bits per heavy atom. The van der Waals surface area contributed by atoms with Crippen LogP contribution in [0.5, 0.6) is 0 Å². The Morgan fingerprint density at radius 2 is 1.73 bits per heavy atom. The molecule has 0 fully saturated rings. The van der Waals surface area contributed by atoms with Crippen molar-refractivity contribution >= 4 is 29.0 Å². The first-order chi connectivity index (χ1) is 12.6. The Bertz CT molecular complexity index is 937. The van der Waals surface area contributed by atoms with E-state index < -0.39 is 5.92 Å². The highest BCUT2D eigenvalue weighted by molar-refractivity contribution is 6.34. The number of nitrogens with zero attached hydrogens (tertiary/aromatic N) is 1. The van der Waals surface area contributed by atoms with Crippen LogP contribution in [0.4, 0.5) is 10.1 Å². The first-order valence-electron chi connectivity index (χ1n) is 8.66. The number of allylic oxidation sites excluding steroid dienone is 2. The van der Waals surface area contributed by atoms with Gasteiger partial charge in [0.1, 0.15) is 5.82 Å². The van der Waals surface area contributed by atoms with Gasteiger partial charge in [-0.05, 0) is 36.6 Å². The second-order valence-corrected chi connectivity index (χ2v) is 7.00. The van der Waals surface area contributed by atoms with E-state index in [1.807, 2.05) is 6.07 Å². The fraction of sp³-hybridized carbons (Fsp3) is 0.238. The molecule has 4 rings (SSSR count). The maximum absolute atomic E-state index is 14.4. The summed E-state index contributed by atoms with van der Waals surface area (Å²) in [5, 5.41) is 0.454. The Labute approximate surface area is 156 Å². The van der Waals surface area contributed by atoms with Crippen LogP contribution in [0, 0.1) is 5.82 Å². The van der Waals surface area contributed by atoms with E-state index in [-0.39, 0.29) is 23.9 Å². The smallest absolute Gasteiger partial charge is 0.232 e. The summed E-state index contributed by atoms with van der Waals surface area (Å²) < 4.78 is 14.4. The van der Waals surface area contributed by atoms with Crippen molar-refractivity contribution < 1.29 is 14.0 Å². The van der Waals surface area contributed by atoms with E-state index in [1.165, 1.54) is 6.07 Å². The number of para-hydroxylation sites is 1. The summed E-state index contributed by atoms with van der Waals surface area (Å²) in [5.74, 6) is -1.10. The van der Waals surface area contributed by atoms with Gasteiger partial charge in [0.05, 0.1) is 10.7 Å². The number of hydrogen-bond donors (Lipinski definition) is 0. The minimum Gasteiger partial charge on any atom is -0.294 e. The molecule has 0 aromatic heterocycles. The molecule has 0 saturated heterocycles. The van der Waals surface area contributed by atoms with Crippen molar-refractivity contribution in [3.8, 4) is 0 Å². The minimum atomic E-state index is -0.537. The van der Waals surface area contributed by atoms with E-state index >= 15 is 0 Å². The highest BCUT2D eigenvalue weighted by atomic mass is 35.5. The number of benzene rings is 2. The predicted molar refractivity (Wildman–Crippen MR) is 98.6 cm³/mol. The van der Waals surface area contributed by atoms with Crippen molar-refractivity contribution in [1.29, 1.82) is 0 Å². The van der Waals surface area contributed by atoms with Crippen LogP contribution in [0.15, 0.2) is 59.8 Å². The number of anilines is 1. The molecule has 1 aliphatic carbocycles. The highest BCUT2D eigenvalue weighted by Crippen LogP contribution is 2.45. The molecule has 5 heteroatoms. The zero-order valence-corrected chi connectivity index (χ0v) is 14.8. The van der Waals surface area contributed by atoms with Gasteiger partial charge in [-0.15, -0.1) is 0 Å². The lowest BCUT2D eigenvalue weighted by atomic mass is 9.77. The number of carbonyl (C=O) groups is 2. The van der Waals surface area contributed by atoms with Crippen LogP contribution >= 0.6 is 11.6 Å². The maximum Gasteiger partial charge on any atom is 0.232 e. The van der Waals surface area contributed by atoms with Crippen LogP contribution in [0.3, 0.4) is 0 Å². The molecule has 0 bridgehead atoms. The summed E-state index contributed by atoms with van der Waals surface area (Å²) in [6.07, 6.45) is 1.75. The third-order valence-corrected chi connectivity index (χ3v) is 5.37. The molecule has 26 heavy (non-hydrogen) atoms. The molecule has 0 N–H and O–H groups in total. The molecule has 0 spiro atoms.